The van der Waals surface area contributed by atoms with Gasteiger partial charge in [-0.2, -0.15) is 0 Å². The van der Waals surface area contributed by atoms with Crippen molar-refractivity contribution in [3.05, 3.63) is 0 Å². The van der Waals surface area contributed by atoms with E-state index in [1.165, 1.54) is 0 Å². The average molecular weight is 233 g/mol. The van der Waals surface area contributed by atoms with Gasteiger partial charge in [0.15, 0.2) is 0 Å². The fourth-order valence-electron chi connectivity index (χ4n) is 1.26. The van der Waals surface area contributed by atoms with Gasteiger partial charge in [-0.1, -0.05) is 13.8 Å². The Morgan fingerprint density at radius 2 is 2.00 bits per heavy atom. The number of ether oxygens (including phenoxy) is 1. The minimum atomic E-state index is -0.982. The van der Waals surface area contributed by atoms with Gasteiger partial charge in [0.2, 0.25) is 0 Å². The molecular weight excluding hydrogens is 210 g/mol. The van der Waals surface area contributed by atoms with Gasteiger partial charge in [-0.25, -0.2) is 8.93 Å². The average Bonchev–Trinajstić information content (AvgIpc) is 2.84. The van der Waals surface area contributed by atoms with Crippen LogP contribution in [0.5, 0.6) is 0 Å². The van der Waals surface area contributed by atoms with Gasteiger partial charge in [0.05, 0.1) is 28.4 Å². The van der Waals surface area contributed by atoms with E-state index in [9.17, 15) is 4.21 Å². The zero-order valence-corrected chi connectivity index (χ0v) is 11.2. The van der Waals surface area contributed by atoms with Crippen molar-refractivity contribution in [2.45, 2.75) is 57.9 Å². The topological polar surface area (TPSA) is 41.6 Å². The molecule has 1 rings (SSSR count). The lowest BCUT2D eigenvalue weighted by Gasteiger charge is -2.26. The standard InChI is InChI=1S/C11H23NO2S/c1-8(2)10(6-9-7-14-9)12-15(13)11(3,4)5/h8-10,12H,6-7H2,1-5H3/t9-,10+,15+/m0/s1. The van der Waals surface area contributed by atoms with Gasteiger partial charge < -0.3 is 4.74 Å². The van der Waals surface area contributed by atoms with E-state index < -0.39 is 11.0 Å². The quantitative estimate of drug-likeness (QED) is 0.736. The summed E-state index contributed by atoms with van der Waals surface area (Å²) in [7, 11) is -0.982. The molecule has 0 aromatic heterocycles. The Bertz CT molecular complexity index is 231. The van der Waals surface area contributed by atoms with Crippen LogP contribution in [0.4, 0.5) is 0 Å². The van der Waals surface area contributed by atoms with Crippen molar-refractivity contribution < 1.29 is 8.95 Å². The van der Waals surface area contributed by atoms with Crippen LogP contribution in [0.3, 0.4) is 0 Å². The van der Waals surface area contributed by atoms with Gasteiger partial charge in [-0.3, -0.25) is 0 Å². The first-order valence-corrected chi connectivity index (χ1v) is 6.75. The van der Waals surface area contributed by atoms with Crippen LogP contribution in [-0.4, -0.2) is 27.7 Å². The molecule has 1 N–H and O–H groups in total. The van der Waals surface area contributed by atoms with E-state index in [2.05, 4.69) is 18.6 Å². The summed E-state index contributed by atoms with van der Waals surface area (Å²) in [4.78, 5) is 0. The molecule has 15 heavy (non-hydrogen) atoms. The summed E-state index contributed by atoms with van der Waals surface area (Å²) in [6.45, 7) is 11.1. The van der Waals surface area contributed by atoms with E-state index in [4.69, 9.17) is 4.74 Å². The van der Waals surface area contributed by atoms with Crippen molar-refractivity contribution in [1.82, 2.24) is 4.72 Å². The SMILES string of the molecule is CC(C)[C@@H](C[C@H]1CO1)N[S@](=O)C(C)(C)C. The van der Waals surface area contributed by atoms with Gasteiger partial charge in [-0.15, -0.1) is 0 Å². The van der Waals surface area contributed by atoms with E-state index in [1.807, 2.05) is 20.8 Å². The molecule has 0 spiro atoms. The van der Waals surface area contributed by atoms with Crippen LogP contribution in [0, 0.1) is 5.92 Å². The summed E-state index contributed by atoms with van der Waals surface area (Å²) in [6.07, 6.45) is 1.36. The first kappa shape index (κ1) is 13.1. The Morgan fingerprint density at radius 1 is 1.47 bits per heavy atom. The third kappa shape index (κ3) is 4.62. The highest BCUT2D eigenvalue weighted by Crippen LogP contribution is 2.21. The van der Waals surface area contributed by atoms with Gasteiger partial charge in [0.1, 0.15) is 0 Å². The highest BCUT2D eigenvalue weighted by molar-refractivity contribution is 7.84. The van der Waals surface area contributed by atoms with Crippen molar-refractivity contribution in [3.63, 3.8) is 0 Å². The first-order chi connectivity index (χ1) is 6.80. The van der Waals surface area contributed by atoms with Gasteiger partial charge in [0, 0.05) is 6.04 Å². The predicted molar refractivity (Wildman–Crippen MR) is 64.0 cm³/mol. The molecule has 90 valence electrons. The second-order valence-electron chi connectivity index (χ2n) is 5.54. The molecule has 0 aromatic rings. The lowest BCUT2D eigenvalue weighted by molar-refractivity contribution is 0.342. The number of rotatable bonds is 5. The zero-order chi connectivity index (χ0) is 11.6. The molecule has 1 fully saturated rings. The molecule has 1 saturated heterocycles. The van der Waals surface area contributed by atoms with Crippen LogP contribution < -0.4 is 4.72 Å². The minimum absolute atomic E-state index is 0.197. The van der Waals surface area contributed by atoms with Crippen molar-refractivity contribution in [2.24, 2.45) is 5.92 Å². The lowest BCUT2D eigenvalue weighted by atomic mass is 10.0. The second kappa shape index (κ2) is 4.93. The maximum absolute atomic E-state index is 11.9. The maximum Gasteiger partial charge on any atom is 0.0972 e. The first-order valence-electron chi connectivity index (χ1n) is 5.60. The molecule has 0 unspecified atom stereocenters. The Morgan fingerprint density at radius 3 is 2.33 bits per heavy atom. The Kier molecular flexibility index (Phi) is 4.32. The Labute approximate surface area is 95.6 Å². The summed E-state index contributed by atoms with van der Waals surface area (Å²) in [5.41, 5.74) is 0. The lowest BCUT2D eigenvalue weighted by Crippen LogP contribution is -2.43. The second-order valence-corrected chi connectivity index (χ2v) is 7.54. The van der Waals surface area contributed by atoms with Crippen LogP contribution in [0.2, 0.25) is 0 Å². The van der Waals surface area contributed by atoms with Crippen molar-refractivity contribution in [2.75, 3.05) is 6.61 Å². The Balaban J connectivity index is 2.46. The maximum atomic E-state index is 11.9. The van der Waals surface area contributed by atoms with Gasteiger partial charge in [0.25, 0.3) is 0 Å². The largest absolute Gasteiger partial charge is 0.373 e. The molecule has 0 aromatic carbocycles. The van der Waals surface area contributed by atoms with E-state index in [-0.39, 0.29) is 10.8 Å². The number of nitrogens with one attached hydrogen (secondary N) is 1. The van der Waals surface area contributed by atoms with E-state index in [0.717, 1.165) is 13.0 Å². The van der Waals surface area contributed by atoms with Crippen molar-refractivity contribution >= 4 is 11.0 Å². The monoisotopic (exact) mass is 233 g/mol. The fraction of sp³-hybridized carbons (Fsp3) is 1.00. The molecule has 0 aliphatic carbocycles. The summed E-state index contributed by atoms with van der Waals surface area (Å²) < 4.78 is 20.2. The molecular formula is C11H23NO2S. The highest BCUT2D eigenvalue weighted by atomic mass is 32.2. The molecule has 3 nitrogen and oxygen atoms in total. The van der Waals surface area contributed by atoms with E-state index in [1.54, 1.807) is 0 Å². The van der Waals surface area contributed by atoms with E-state index >= 15 is 0 Å². The van der Waals surface area contributed by atoms with Crippen LogP contribution >= 0.6 is 0 Å². The number of epoxide rings is 1. The zero-order valence-electron chi connectivity index (χ0n) is 10.4. The van der Waals surface area contributed by atoms with Crippen molar-refractivity contribution in [3.8, 4) is 0 Å². The number of hydrogen-bond donors (Lipinski definition) is 1. The smallest absolute Gasteiger partial charge is 0.0972 e. The van der Waals surface area contributed by atoms with E-state index in [0.29, 0.717) is 12.0 Å². The molecule has 4 heteroatoms. The summed E-state index contributed by atoms with van der Waals surface area (Å²) >= 11 is 0. The summed E-state index contributed by atoms with van der Waals surface area (Å²) in [5.74, 6) is 0.487. The highest BCUT2D eigenvalue weighted by Gasteiger charge is 2.31. The summed E-state index contributed by atoms with van der Waals surface area (Å²) in [5, 5.41) is 0. The molecule has 0 bridgehead atoms. The molecule has 1 aliphatic heterocycles. The molecule has 1 aliphatic rings. The van der Waals surface area contributed by atoms with Crippen LogP contribution in [0.15, 0.2) is 0 Å². The third-order valence-corrected chi connectivity index (χ3v) is 4.17. The normalized spacial score (nSPS) is 25.3. The van der Waals surface area contributed by atoms with Gasteiger partial charge in [-0.05, 0) is 33.1 Å². The third-order valence-electron chi connectivity index (χ3n) is 2.54. The van der Waals surface area contributed by atoms with Crippen LogP contribution in [0.1, 0.15) is 41.0 Å². The van der Waals surface area contributed by atoms with Crippen LogP contribution in [0.25, 0.3) is 0 Å². The molecule has 1 heterocycles. The predicted octanol–water partition coefficient (Wildman–Crippen LogP) is 1.85. The molecule has 0 radical (unpaired) electrons. The molecule has 0 saturated carbocycles. The Hall–Kier alpha value is 0.0700. The van der Waals surface area contributed by atoms with Crippen LogP contribution in [-0.2, 0) is 15.7 Å². The van der Waals surface area contributed by atoms with Crippen molar-refractivity contribution in [1.29, 1.82) is 0 Å². The van der Waals surface area contributed by atoms with Gasteiger partial charge >= 0.3 is 0 Å². The molecule has 3 atom stereocenters. The summed E-state index contributed by atoms with van der Waals surface area (Å²) in [6, 6.07) is 0.289. The fourth-order valence-corrected chi connectivity index (χ4v) is 2.25. The number of hydrogen-bond acceptors (Lipinski definition) is 2. The minimum Gasteiger partial charge on any atom is -0.373 e. The molecule has 0 amide bonds.